The third-order valence-corrected chi connectivity index (χ3v) is 1.49. The molecule has 0 unspecified atom stereocenters. The lowest BCUT2D eigenvalue weighted by molar-refractivity contribution is -0.137. The zero-order valence-corrected chi connectivity index (χ0v) is 7.56. The van der Waals surface area contributed by atoms with Crippen LogP contribution in [0.2, 0.25) is 0 Å². The normalized spacial score (nSPS) is 11.5. The minimum absolute atomic E-state index is 0.277. The molecule has 0 spiro atoms. The largest absolute Gasteiger partial charge is 0.329 e. The number of hydrogen-bond acceptors (Lipinski definition) is 7. The van der Waals surface area contributed by atoms with Crippen molar-refractivity contribution in [2.45, 2.75) is 0 Å². The van der Waals surface area contributed by atoms with Crippen LogP contribution in [-0.4, -0.2) is 65.0 Å². The van der Waals surface area contributed by atoms with Crippen molar-refractivity contribution in [1.29, 1.82) is 0 Å². The maximum atomic E-state index is 9.11. The van der Waals surface area contributed by atoms with Gasteiger partial charge < -0.3 is 21.4 Å². The van der Waals surface area contributed by atoms with E-state index >= 15 is 0 Å². The van der Waals surface area contributed by atoms with Crippen LogP contribution in [0.25, 0.3) is 0 Å². The van der Waals surface area contributed by atoms with Gasteiger partial charge in [-0.05, 0) is 0 Å². The molecule has 0 aliphatic rings. The van der Waals surface area contributed by atoms with E-state index in [0.717, 1.165) is 10.1 Å². The van der Waals surface area contributed by atoms with Crippen LogP contribution >= 0.6 is 0 Å². The monoisotopic (exact) mass is 194 g/mol. The van der Waals surface area contributed by atoms with Crippen LogP contribution in [0, 0.1) is 0 Å². The van der Waals surface area contributed by atoms with Gasteiger partial charge in [0.2, 0.25) is 0 Å². The summed E-state index contributed by atoms with van der Waals surface area (Å²) in [6.07, 6.45) is 0. The summed E-state index contributed by atoms with van der Waals surface area (Å²) in [7, 11) is 0. The van der Waals surface area contributed by atoms with E-state index in [9.17, 15) is 0 Å². The van der Waals surface area contributed by atoms with Crippen LogP contribution in [0.1, 0.15) is 0 Å². The molecule has 0 atom stereocenters. The van der Waals surface area contributed by atoms with Crippen LogP contribution in [0.15, 0.2) is 0 Å². The fraction of sp³-hybridized carbons (Fsp3) is 1.00. The molecule has 0 aromatic rings. The molecule has 0 aliphatic heterocycles. The highest BCUT2D eigenvalue weighted by Gasteiger charge is 2.03. The van der Waals surface area contributed by atoms with Crippen molar-refractivity contribution in [3.63, 3.8) is 0 Å². The quantitative estimate of drug-likeness (QED) is 0.293. The summed E-state index contributed by atoms with van der Waals surface area (Å²) in [6.45, 7) is 1.95. The first-order valence-electron chi connectivity index (χ1n) is 4.15. The summed E-state index contributed by atoms with van der Waals surface area (Å²) in [5.41, 5.74) is 7.11. The molecule has 0 aliphatic carbocycles. The third kappa shape index (κ3) is 8.06. The molecule has 7 heteroatoms. The van der Waals surface area contributed by atoms with Crippen LogP contribution < -0.4 is 11.2 Å². The third-order valence-electron chi connectivity index (χ3n) is 1.49. The average molecular weight is 194 g/mol. The second-order valence-corrected chi connectivity index (χ2v) is 2.60. The van der Waals surface area contributed by atoms with Crippen molar-refractivity contribution in [2.24, 2.45) is 5.73 Å². The van der Waals surface area contributed by atoms with Gasteiger partial charge in [0, 0.05) is 39.3 Å². The van der Waals surface area contributed by atoms with Gasteiger partial charge in [-0.2, -0.15) is 10.1 Å². The van der Waals surface area contributed by atoms with Crippen molar-refractivity contribution in [3.05, 3.63) is 0 Å². The Bertz CT molecular complexity index is 116. The number of hydrogen-bond donors (Lipinski definition) is 5. The summed E-state index contributed by atoms with van der Waals surface area (Å²) in [6, 6.07) is 0. The Morgan fingerprint density at radius 2 is 1.54 bits per heavy atom. The molecule has 0 aromatic heterocycles. The minimum atomic E-state index is 0.277. The molecule has 0 saturated carbocycles. The highest BCUT2D eigenvalue weighted by molar-refractivity contribution is 4.50. The zero-order chi connectivity index (χ0) is 10.1. The summed E-state index contributed by atoms with van der Waals surface area (Å²) in [5, 5.41) is 28.4. The Morgan fingerprint density at radius 1 is 1.00 bits per heavy atom. The Hall–Kier alpha value is -0.280. The molecule has 6 N–H and O–H groups in total. The van der Waals surface area contributed by atoms with Crippen molar-refractivity contribution in [2.75, 3.05) is 39.3 Å². The van der Waals surface area contributed by atoms with Gasteiger partial charge in [0.1, 0.15) is 0 Å². The van der Waals surface area contributed by atoms with E-state index < -0.39 is 0 Å². The molecule has 0 bridgehead atoms. The lowest BCUT2D eigenvalue weighted by Gasteiger charge is -2.18. The van der Waals surface area contributed by atoms with Crippen molar-refractivity contribution in [1.82, 2.24) is 15.6 Å². The van der Waals surface area contributed by atoms with Crippen molar-refractivity contribution < 1.29 is 15.6 Å². The number of hydroxylamine groups is 5. The molecule has 7 nitrogen and oxygen atoms in total. The number of nitrogens with two attached hydrogens (primary N) is 1. The fourth-order valence-electron chi connectivity index (χ4n) is 0.783. The molecular weight excluding hydrogens is 176 g/mol. The minimum Gasteiger partial charge on any atom is -0.329 e. The summed E-state index contributed by atoms with van der Waals surface area (Å²) in [4.78, 5) is 0. The second-order valence-electron chi connectivity index (χ2n) is 2.60. The number of nitrogens with zero attached hydrogens (tertiary/aromatic N) is 2. The van der Waals surface area contributed by atoms with E-state index in [2.05, 4.69) is 0 Å². The van der Waals surface area contributed by atoms with Gasteiger partial charge in [0.05, 0.1) is 0 Å². The van der Waals surface area contributed by atoms with Crippen molar-refractivity contribution in [3.8, 4) is 0 Å². The van der Waals surface area contributed by atoms with Crippen LogP contribution in [0.5, 0.6) is 0 Å². The number of nitrogens with one attached hydrogen (secondary N) is 1. The van der Waals surface area contributed by atoms with E-state index in [4.69, 9.17) is 21.4 Å². The highest BCUT2D eigenvalue weighted by atomic mass is 16.5. The zero-order valence-electron chi connectivity index (χ0n) is 7.56. The molecule has 13 heavy (non-hydrogen) atoms. The first-order chi connectivity index (χ1) is 6.20. The molecule has 80 valence electrons. The van der Waals surface area contributed by atoms with Crippen molar-refractivity contribution >= 4 is 0 Å². The van der Waals surface area contributed by atoms with Gasteiger partial charge in [-0.15, -0.1) is 0 Å². The van der Waals surface area contributed by atoms with E-state index in [1.807, 2.05) is 5.48 Å². The molecule has 0 heterocycles. The molecule has 0 aromatic carbocycles. The molecule has 0 saturated heterocycles. The van der Waals surface area contributed by atoms with E-state index in [0.29, 0.717) is 32.7 Å². The van der Waals surface area contributed by atoms with Gasteiger partial charge in [-0.1, -0.05) is 0 Å². The van der Waals surface area contributed by atoms with Crippen LogP contribution in [-0.2, 0) is 0 Å². The number of rotatable bonds is 8. The van der Waals surface area contributed by atoms with Gasteiger partial charge in [-0.3, -0.25) is 0 Å². The Kier molecular flexibility index (Phi) is 8.14. The smallest absolute Gasteiger partial charge is 0.0389 e. The first kappa shape index (κ1) is 12.7. The van der Waals surface area contributed by atoms with Gasteiger partial charge in [-0.25, -0.2) is 5.48 Å². The maximum Gasteiger partial charge on any atom is 0.0389 e. The predicted octanol–water partition coefficient (Wildman–Crippen LogP) is -1.69. The van der Waals surface area contributed by atoms with Gasteiger partial charge >= 0.3 is 0 Å². The van der Waals surface area contributed by atoms with E-state index in [-0.39, 0.29) is 6.54 Å². The maximum absolute atomic E-state index is 9.11. The molecule has 0 amide bonds. The summed E-state index contributed by atoms with van der Waals surface area (Å²) < 4.78 is 0. The predicted molar refractivity (Wildman–Crippen MR) is 45.6 cm³/mol. The lowest BCUT2D eigenvalue weighted by Crippen LogP contribution is -2.36. The van der Waals surface area contributed by atoms with Crippen LogP contribution in [0.3, 0.4) is 0 Å². The highest BCUT2D eigenvalue weighted by Crippen LogP contribution is 1.84. The standard InChI is InChI=1S/C6H18N4O3/c7-1-3-9(12)5-6-10(13)4-2-8-11/h8,11-13H,1-7H2. The first-order valence-corrected chi connectivity index (χ1v) is 4.15. The Balaban J connectivity index is 3.29. The van der Waals surface area contributed by atoms with Gasteiger partial charge in [0.15, 0.2) is 0 Å². The lowest BCUT2D eigenvalue weighted by atomic mass is 10.5. The summed E-state index contributed by atoms with van der Waals surface area (Å²) in [5.74, 6) is 0. The Labute approximate surface area is 77.2 Å². The van der Waals surface area contributed by atoms with Crippen LogP contribution in [0.4, 0.5) is 0 Å². The van der Waals surface area contributed by atoms with E-state index in [1.165, 1.54) is 0 Å². The Morgan fingerprint density at radius 3 is 2.00 bits per heavy atom. The topological polar surface area (TPSA) is 105 Å². The fourth-order valence-corrected chi connectivity index (χ4v) is 0.783. The summed E-state index contributed by atoms with van der Waals surface area (Å²) >= 11 is 0. The molecular formula is C6H18N4O3. The SMILES string of the molecule is NCCN(O)CCN(O)CCNO. The van der Waals surface area contributed by atoms with E-state index in [1.54, 1.807) is 0 Å². The molecule has 0 radical (unpaired) electrons. The molecule has 0 rings (SSSR count). The molecule has 0 fully saturated rings. The average Bonchev–Trinajstić information content (AvgIpc) is 2.12. The van der Waals surface area contributed by atoms with Gasteiger partial charge in [0.25, 0.3) is 0 Å². The second kappa shape index (κ2) is 8.32.